The molecule has 9 nitrogen and oxygen atoms in total. The molecule has 0 bridgehead atoms. The van der Waals surface area contributed by atoms with Crippen LogP contribution >= 0.6 is 0 Å². The third kappa shape index (κ3) is 37.0. The van der Waals surface area contributed by atoms with Crippen LogP contribution in [0.2, 0.25) is 0 Å². The zero-order valence-corrected chi connectivity index (χ0v) is 42.1. The molecule has 0 radical (unpaired) electrons. The summed E-state index contributed by atoms with van der Waals surface area (Å²) in [6.45, 7) is 4.62. The summed E-state index contributed by atoms with van der Waals surface area (Å²) in [5.41, 5.74) is 0. The van der Waals surface area contributed by atoms with Crippen LogP contribution in [0.15, 0.2) is 12.2 Å². The Morgan fingerprint density at radius 3 is 1.27 bits per heavy atom. The molecule has 4 N–H and O–H groups in total. The van der Waals surface area contributed by atoms with Crippen LogP contribution in [0.4, 0.5) is 0 Å². The number of carbonyl (C=O) groups excluding carboxylic acids is 1. The highest BCUT2D eigenvalue weighted by Gasteiger charge is 2.44. The monoisotopic (exact) mass is 911 g/mol. The number of aliphatic hydroxyl groups is 4. The van der Waals surface area contributed by atoms with Gasteiger partial charge in [-0.25, -0.2) is 0 Å². The van der Waals surface area contributed by atoms with E-state index in [0.717, 1.165) is 32.1 Å². The first-order valence-electron chi connectivity index (χ1n) is 27.8. The second-order valence-corrected chi connectivity index (χ2v) is 19.4. The fourth-order valence-electron chi connectivity index (χ4n) is 8.84. The van der Waals surface area contributed by atoms with Crippen LogP contribution in [-0.2, 0) is 23.7 Å². The Labute approximate surface area is 395 Å². The van der Waals surface area contributed by atoms with Crippen LogP contribution in [0.3, 0.4) is 0 Å². The molecular weight excluding hydrogens is 805 g/mol. The largest absolute Gasteiger partial charge is 0.457 e. The highest BCUT2D eigenvalue weighted by Crippen LogP contribution is 2.23. The maximum atomic E-state index is 12.8. The van der Waals surface area contributed by atoms with E-state index in [1.165, 1.54) is 218 Å². The number of rotatable bonds is 49. The van der Waals surface area contributed by atoms with E-state index < -0.39 is 43.4 Å². The molecule has 1 aliphatic heterocycles. The fraction of sp³-hybridized carbons (Fsp3) is 0.945. The van der Waals surface area contributed by atoms with Gasteiger partial charge in [0, 0.05) is 13.0 Å². The molecule has 9 heteroatoms. The molecule has 0 aromatic rings. The lowest BCUT2D eigenvalue weighted by molar-refractivity contribution is -0.305. The number of aliphatic hydroxyl groups excluding tert-OH is 4. The molecule has 1 fully saturated rings. The Bertz CT molecular complexity index is 993. The number of carbonyl (C=O) groups is 1. The maximum Gasteiger partial charge on any atom is 0.306 e. The van der Waals surface area contributed by atoms with Gasteiger partial charge in [0.15, 0.2) is 6.29 Å². The summed E-state index contributed by atoms with van der Waals surface area (Å²) < 4.78 is 22.9. The first kappa shape index (κ1) is 60.9. The molecule has 0 aromatic heterocycles. The van der Waals surface area contributed by atoms with Crippen LogP contribution in [0, 0.1) is 0 Å². The summed E-state index contributed by atoms with van der Waals surface area (Å²) >= 11 is 0. The molecule has 1 heterocycles. The number of hydrogen-bond donors (Lipinski definition) is 4. The minimum absolute atomic E-state index is 0.107. The lowest BCUT2D eigenvalue weighted by Crippen LogP contribution is -2.59. The quantitative estimate of drug-likeness (QED) is 0.0267. The summed E-state index contributed by atoms with van der Waals surface area (Å²) in [4.78, 5) is 12.8. The second-order valence-electron chi connectivity index (χ2n) is 19.4. The average Bonchev–Trinajstić information content (AvgIpc) is 3.30. The summed E-state index contributed by atoms with van der Waals surface area (Å²) in [7, 11) is 0. The number of esters is 1. The van der Waals surface area contributed by atoms with Gasteiger partial charge in [0.2, 0.25) is 0 Å². The molecule has 0 saturated carbocycles. The Hall–Kier alpha value is -1.07. The zero-order valence-electron chi connectivity index (χ0n) is 42.1. The Balaban J connectivity index is 2.12. The lowest BCUT2D eigenvalue weighted by atomic mass is 9.99. The third-order valence-corrected chi connectivity index (χ3v) is 13.2. The lowest BCUT2D eigenvalue weighted by Gasteiger charge is -2.39. The minimum Gasteiger partial charge on any atom is -0.457 e. The summed E-state index contributed by atoms with van der Waals surface area (Å²) in [6, 6.07) is 0. The molecule has 0 aliphatic carbocycles. The first-order valence-corrected chi connectivity index (χ1v) is 27.8. The van der Waals surface area contributed by atoms with Crippen molar-refractivity contribution in [1.82, 2.24) is 0 Å². The van der Waals surface area contributed by atoms with Gasteiger partial charge in [-0.1, -0.05) is 238 Å². The Morgan fingerprint density at radius 2 is 0.859 bits per heavy atom. The number of hydrogen-bond acceptors (Lipinski definition) is 9. The summed E-state index contributed by atoms with van der Waals surface area (Å²) in [5.74, 6) is -0.307. The predicted octanol–water partition coefficient (Wildman–Crippen LogP) is 13.9. The van der Waals surface area contributed by atoms with Crippen LogP contribution in [0.1, 0.15) is 271 Å². The van der Waals surface area contributed by atoms with Crippen LogP contribution < -0.4 is 0 Å². The molecule has 0 spiro atoms. The SMILES string of the molecule is CCCCCCCCCC/C=C\CCCCCCCCCCCCCCCCOCC(COC1OC(CO)C(O)C(O)C1O)OC(=O)CCCCCCCCCCCCCCCCC. The first-order chi connectivity index (χ1) is 31.4. The van der Waals surface area contributed by atoms with E-state index in [0.29, 0.717) is 13.0 Å². The number of allylic oxidation sites excluding steroid dienone is 2. The Morgan fingerprint density at radius 1 is 0.484 bits per heavy atom. The third-order valence-electron chi connectivity index (χ3n) is 13.2. The average molecular weight is 911 g/mol. The van der Waals surface area contributed by atoms with Crippen molar-refractivity contribution in [2.75, 3.05) is 26.4 Å². The van der Waals surface area contributed by atoms with E-state index in [1.807, 2.05) is 0 Å². The topological polar surface area (TPSA) is 135 Å². The van der Waals surface area contributed by atoms with Gasteiger partial charge < -0.3 is 39.4 Å². The zero-order chi connectivity index (χ0) is 46.4. The summed E-state index contributed by atoms with van der Waals surface area (Å²) in [5, 5.41) is 40.3. The van der Waals surface area contributed by atoms with Gasteiger partial charge in [-0.3, -0.25) is 4.79 Å². The van der Waals surface area contributed by atoms with Crippen molar-refractivity contribution in [3.8, 4) is 0 Å². The molecule has 6 unspecified atom stereocenters. The minimum atomic E-state index is -1.53. The van der Waals surface area contributed by atoms with E-state index in [1.54, 1.807) is 0 Å². The van der Waals surface area contributed by atoms with Gasteiger partial charge in [-0.2, -0.15) is 0 Å². The second kappa shape index (κ2) is 47.0. The van der Waals surface area contributed by atoms with Crippen molar-refractivity contribution in [2.24, 2.45) is 0 Å². The molecule has 1 saturated heterocycles. The van der Waals surface area contributed by atoms with Gasteiger partial charge in [-0.15, -0.1) is 0 Å². The molecule has 380 valence electrons. The van der Waals surface area contributed by atoms with E-state index in [-0.39, 0.29) is 19.2 Å². The molecule has 0 amide bonds. The van der Waals surface area contributed by atoms with E-state index in [9.17, 15) is 25.2 Å². The molecule has 0 aromatic carbocycles. The van der Waals surface area contributed by atoms with Gasteiger partial charge >= 0.3 is 5.97 Å². The molecule has 1 aliphatic rings. The van der Waals surface area contributed by atoms with Crippen LogP contribution in [-0.4, -0.2) is 89.6 Å². The van der Waals surface area contributed by atoms with Crippen molar-refractivity contribution in [2.45, 2.75) is 307 Å². The van der Waals surface area contributed by atoms with E-state index in [2.05, 4.69) is 26.0 Å². The number of unbranched alkanes of at least 4 members (excludes halogenated alkanes) is 36. The van der Waals surface area contributed by atoms with Gasteiger partial charge in [-0.05, 0) is 38.5 Å². The molecule has 6 atom stereocenters. The van der Waals surface area contributed by atoms with Crippen LogP contribution in [0.25, 0.3) is 0 Å². The highest BCUT2D eigenvalue weighted by atomic mass is 16.7. The standard InChI is InChI=1S/C55H106O9/c1-3-5-7-9-11-13-15-17-19-20-21-22-23-24-25-26-27-28-29-31-33-35-37-39-41-43-45-61-47-49(48-62-55-54(60)53(59)52(58)50(46-56)64-55)63-51(57)44-42-40-38-36-34-32-30-18-16-14-12-10-8-6-4-2/h20-21,49-50,52-56,58-60H,3-19,22-48H2,1-2H3/b21-20-. The van der Waals surface area contributed by atoms with Crippen molar-refractivity contribution in [3.05, 3.63) is 12.2 Å². The van der Waals surface area contributed by atoms with Gasteiger partial charge in [0.1, 0.15) is 30.5 Å². The molecule has 1 rings (SSSR count). The van der Waals surface area contributed by atoms with Crippen molar-refractivity contribution < 1.29 is 44.2 Å². The Kier molecular flexibility index (Phi) is 44.8. The number of ether oxygens (including phenoxy) is 4. The predicted molar refractivity (Wildman–Crippen MR) is 266 cm³/mol. The molecule has 64 heavy (non-hydrogen) atoms. The van der Waals surface area contributed by atoms with Crippen molar-refractivity contribution in [3.63, 3.8) is 0 Å². The normalized spacial score (nSPS) is 19.5. The smallest absolute Gasteiger partial charge is 0.306 e. The van der Waals surface area contributed by atoms with Crippen molar-refractivity contribution in [1.29, 1.82) is 0 Å². The van der Waals surface area contributed by atoms with E-state index in [4.69, 9.17) is 18.9 Å². The fourth-order valence-corrected chi connectivity index (χ4v) is 8.84. The van der Waals surface area contributed by atoms with Gasteiger partial charge in [0.25, 0.3) is 0 Å². The van der Waals surface area contributed by atoms with Crippen molar-refractivity contribution >= 4 is 5.97 Å². The summed E-state index contributed by atoms with van der Waals surface area (Å²) in [6.07, 6.45) is 48.3. The van der Waals surface area contributed by atoms with Crippen LogP contribution in [0.5, 0.6) is 0 Å². The van der Waals surface area contributed by atoms with Gasteiger partial charge in [0.05, 0.1) is 19.8 Å². The molecular formula is C55H106O9. The highest BCUT2D eigenvalue weighted by molar-refractivity contribution is 5.69. The maximum absolute atomic E-state index is 12.8. The van der Waals surface area contributed by atoms with E-state index >= 15 is 0 Å².